The Hall–Kier alpha value is -1.09. The van der Waals surface area contributed by atoms with E-state index in [0.29, 0.717) is 12.1 Å². The lowest BCUT2D eigenvalue weighted by molar-refractivity contribution is -0.137. The van der Waals surface area contributed by atoms with Crippen molar-refractivity contribution in [2.75, 3.05) is 6.54 Å². The molecule has 3 nitrogen and oxygen atoms in total. The minimum absolute atomic E-state index is 0.0460. The van der Waals surface area contributed by atoms with Crippen LogP contribution < -0.4 is 5.32 Å². The fourth-order valence-electron chi connectivity index (χ4n) is 1.96. The number of alkyl halides is 3. The van der Waals surface area contributed by atoms with Crippen LogP contribution in [-0.4, -0.2) is 16.3 Å². The monoisotopic (exact) mass is 409 g/mol. The number of hydrogen-bond donors (Lipinski definition) is 1. The zero-order valence-corrected chi connectivity index (χ0v) is 13.6. The molecule has 7 heteroatoms. The SMILES string of the molecule is CCCNCc1ccc(-n2cc(I)cn2)c(C(F)(F)F)c1. The highest BCUT2D eigenvalue weighted by Gasteiger charge is 2.34. The Balaban J connectivity index is 2.37. The van der Waals surface area contributed by atoms with E-state index in [1.807, 2.05) is 29.5 Å². The first-order chi connectivity index (χ1) is 9.91. The smallest absolute Gasteiger partial charge is 0.313 e. The molecule has 2 aromatic rings. The molecule has 0 unspecified atom stereocenters. The highest BCUT2D eigenvalue weighted by Crippen LogP contribution is 2.34. The van der Waals surface area contributed by atoms with Crippen molar-refractivity contribution in [3.05, 3.63) is 45.3 Å². The molecule has 0 spiro atoms. The first-order valence-corrected chi connectivity index (χ1v) is 7.61. The average Bonchev–Trinajstić information content (AvgIpc) is 2.84. The second-order valence-electron chi connectivity index (χ2n) is 4.63. The van der Waals surface area contributed by atoms with E-state index < -0.39 is 11.7 Å². The first-order valence-electron chi connectivity index (χ1n) is 6.53. The summed E-state index contributed by atoms with van der Waals surface area (Å²) in [5, 5.41) is 7.06. The minimum Gasteiger partial charge on any atom is -0.313 e. The standard InChI is InChI=1S/C14H15F3IN3/c1-2-5-19-7-10-3-4-13(12(6-10)14(15,16)17)21-9-11(18)8-20-21/h3-4,6,8-9,19H,2,5,7H2,1H3. The molecule has 0 saturated carbocycles. The van der Waals surface area contributed by atoms with Gasteiger partial charge in [0.2, 0.25) is 0 Å². The molecule has 0 atom stereocenters. The summed E-state index contributed by atoms with van der Waals surface area (Å²) in [6, 6.07) is 4.35. The van der Waals surface area contributed by atoms with Crippen LogP contribution in [0.25, 0.3) is 5.69 Å². The molecule has 0 radical (unpaired) electrons. The summed E-state index contributed by atoms with van der Waals surface area (Å²) in [5.41, 5.74) is -0.0103. The second-order valence-corrected chi connectivity index (χ2v) is 5.87. The van der Waals surface area contributed by atoms with Gasteiger partial charge in [-0.15, -0.1) is 0 Å². The molecule has 1 aromatic carbocycles. The molecule has 114 valence electrons. The molecule has 0 aliphatic carbocycles. The Morgan fingerprint density at radius 1 is 1.33 bits per heavy atom. The van der Waals surface area contributed by atoms with Gasteiger partial charge in [0.25, 0.3) is 0 Å². The zero-order chi connectivity index (χ0) is 15.5. The molecular weight excluding hydrogens is 394 g/mol. The van der Waals surface area contributed by atoms with Crippen molar-refractivity contribution in [3.63, 3.8) is 0 Å². The fraction of sp³-hybridized carbons (Fsp3) is 0.357. The van der Waals surface area contributed by atoms with Crippen LogP contribution in [0, 0.1) is 3.57 Å². The number of nitrogens with zero attached hydrogens (tertiary/aromatic N) is 2. The molecule has 1 heterocycles. The molecule has 0 amide bonds. The summed E-state index contributed by atoms with van der Waals surface area (Å²) in [6.45, 7) is 3.21. The lowest BCUT2D eigenvalue weighted by Crippen LogP contribution is -2.16. The van der Waals surface area contributed by atoms with Crippen LogP contribution in [0.1, 0.15) is 24.5 Å². The largest absolute Gasteiger partial charge is 0.418 e. The maximum absolute atomic E-state index is 13.2. The van der Waals surface area contributed by atoms with Crippen LogP contribution in [0.15, 0.2) is 30.6 Å². The normalized spacial score (nSPS) is 11.9. The molecule has 2 rings (SSSR count). The third-order valence-electron chi connectivity index (χ3n) is 2.92. The lowest BCUT2D eigenvalue weighted by Gasteiger charge is -2.15. The minimum atomic E-state index is -4.41. The Bertz CT molecular complexity index is 608. The molecule has 0 fully saturated rings. The Labute approximate surface area is 134 Å². The quantitative estimate of drug-likeness (QED) is 0.598. The third kappa shape index (κ3) is 4.19. The van der Waals surface area contributed by atoms with E-state index in [9.17, 15) is 13.2 Å². The summed E-state index contributed by atoms with van der Waals surface area (Å²) < 4.78 is 41.8. The Morgan fingerprint density at radius 2 is 2.10 bits per heavy atom. The van der Waals surface area contributed by atoms with Gasteiger partial charge in [0.15, 0.2) is 0 Å². The summed E-state index contributed by atoms with van der Waals surface area (Å²) in [5.74, 6) is 0. The topological polar surface area (TPSA) is 29.9 Å². The number of halogens is 4. The van der Waals surface area contributed by atoms with Gasteiger partial charge in [-0.3, -0.25) is 0 Å². The van der Waals surface area contributed by atoms with E-state index in [-0.39, 0.29) is 5.69 Å². The number of benzene rings is 1. The fourth-order valence-corrected chi connectivity index (χ4v) is 2.35. The predicted molar refractivity (Wildman–Crippen MR) is 83.3 cm³/mol. The van der Waals surface area contributed by atoms with Gasteiger partial charge in [-0.25, -0.2) is 4.68 Å². The number of nitrogens with one attached hydrogen (secondary N) is 1. The Morgan fingerprint density at radius 3 is 2.67 bits per heavy atom. The van der Waals surface area contributed by atoms with E-state index in [0.717, 1.165) is 16.5 Å². The van der Waals surface area contributed by atoms with Gasteiger partial charge in [-0.05, 0) is 53.3 Å². The molecular formula is C14H15F3IN3. The van der Waals surface area contributed by atoms with Gasteiger partial charge >= 0.3 is 6.18 Å². The van der Waals surface area contributed by atoms with Gasteiger partial charge in [0, 0.05) is 12.7 Å². The summed E-state index contributed by atoms with van der Waals surface area (Å²) in [6.07, 6.45) is -0.374. The second kappa shape index (κ2) is 6.78. The van der Waals surface area contributed by atoms with Crippen LogP contribution in [-0.2, 0) is 12.7 Å². The maximum atomic E-state index is 13.2. The molecule has 0 aliphatic heterocycles. The van der Waals surface area contributed by atoms with Gasteiger partial charge in [0.1, 0.15) is 0 Å². The van der Waals surface area contributed by atoms with E-state index in [2.05, 4.69) is 10.4 Å². The molecule has 1 N–H and O–H groups in total. The van der Waals surface area contributed by atoms with Gasteiger partial charge in [-0.1, -0.05) is 13.0 Å². The predicted octanol–water partition coefficient (Wildman–Crippen LogP) is 4.00. The van der Waals surface area contributed by atoms with Crippen molar-refractivity contribution in [2.24, 2.45) is 0 Å². The average molecular weight is 409 g/mol. The number of aromatic nitrogens is 2. The molecule has 0 aliphatic rings. The van der Waals surface area contributed by atoms with Crippen molar-refractivity contribution in [1.29, 1.82) is 0 Å². The van der Waals surface area contributed by atoms with Crippen LogP contribution in [0.3, 0.4) is 0 Å². The van der Waals surface area contributed by atoms with Crippen molar-refractivity contribution < 1.29 is 13.2 Å². The van der Waals surface area contributed by atoms with E-state index in [1.165, 1.54) is 23.0 Å². The van der Waals surface area contributed by atoms with Crippen LogP contribution >= 0.6 is 22.6 Å². The number of hydrogen-bond acceptors (Lipinski definition) is 2. The van der Waals surface area contributed by atoms with E-state index in [1.54, 1.807) is 12.3 Å². The molecule has 1 aromatic heterocycles. The zero-order valence-electron chi connectivity index (χ0n) is 11.4. The van der Waals surface area contributed by atoms with Crippen molar-refractivity contribution in [2.45, 2.75) is 26.1 Å². The first kappa shape index (κ1) is 16.3. The van der Waals surface area contributed by atoms with Gasteiger partial charge in [0.05, 0.1) is 21.0 Å². The highest BCUT2D eigenvalue weighted by atomic mass is 127. The van der Waals surface area contributed by atoms with Crippen LogP contribution in [0.2, 0.25) is 0 Å². The van der Waals surface area contributed by atoms with Crippen molar-refractivity contribution >= 4 is 22.6 Å². The summed E-state index contributed by atoms with van der Waals surface area (Å²) in [4.78, 5) is 0. The van der Waals surface area contributed by atoms with Crippen LogP contribution in [0.5, 0.6) is 0 Å². The lowest BCUT2D eigenvalue weighted by atomic mass is 10.1. The van der Waals surface area contributed by atoms with E-state index >= 15 is 0 Å². The van der Waals surface area contributed by atoms with Crippen molar-refractivity contribution in [1.82, 2.24) is 15.1 Å². The molecule has 21 heavy (non-hydrogen) atoms. The summed E-state index contributed by atoms with van der Waals surface area (Å²) >= 11 is 2.01. The van der Waals surface area contributed by atoms with Gasteiger partial charge < -0.3 is 5.32 Å². The highest BCUT2D eigenvalue weighted by molar-refractivity contribution is 14.1. The maximum Gasteiger partial charge on any atom is 0.418 e. The van der Waals surface area contributed by atoms with E-state index in [4.69, 9.17) is 0 Å². The third-order valence-corrected chi connectivity index (χ3v) is 3.48. The van der Waals surface area contributed by atoms with Crippen molar-refractivity contribution in [3.8, 4) is 5.69 Å². The number of rotatable bonds is 5. The van der Waals surface area contributed by atoms with Crippen LogP contribution in [0.4, 0.5) is 13.2 Å². The molecule has 0 bridgehead atoms. The van der Waals surface area contributed by atoms with Gasteiger partial charge in [-0.2, -0.15) is 18.3 Å². The molecule has 0 saturated heterocycles. The summed E-state index contributed by atoms with van der Waals surface area (Å²) in [7, 11) is 0. The Kier molecular flexibility index (Phi) is 5.26.